The number of halogens is 1. The molecule has 182 valence electrons. The molecule has 2 aromatic rings. The maximum absolute atomic E-state index is 13.1. The van der Waals surface area contributed by atoms with Crippen molar-refractivity contribution in [1.82, 2.24) is 5.32 Å². The van der Waals surface area contributed by atoms with Crippen LogP contribution in [0.2, 0.25) is 0 Å². The van der Waals surface area contributed by atoms with E-state index >= 15 is 0 Å². The molecular formula is C25H24BrN3O5S. The first-order valence-corrected chi connectivity index (χ1v) is 12.7. The quantitative estimate of drug-likeness (QED) is 0.347. The molecular weight excluding hydrogens is 534 g/mol. The number of hydrogen-bond donors (Lipinski definition) is 2. The van der Waals surface area contributed by atoms with Crippen LogP contribution in [0.5, 0.6) is 5.75 Å². The van der Waals surface area contributed by atoms with Gasteiger partial charge in [-0.05, 0) is 44.2 Å². The summed E-state index contributed by atoms with van der Waals surface area (Å²) in [5.41, 5.74) is 1.30. The van der Waals surface area contributed by atoms with Crippen LogP contribution in [-0.2, 0) is 19.1 Å². The summed E-state index contributed by atoms with van der Waals surface area (Å²) in [5.74, 6) is -3.43. The third kappa shape index (κ3) is 6.44. The molecule has 0 aliphatic carbocycles. The lowest BCUT2D eigenvalue weighted by Gasteiger charge is -2.32. The van der Waals surface area contributed by atoms with Gasteiger partial charge in [-0.2, -0.15) is 5.26 Å². The number of thioether (sulfide) groups is 1. The van der Waals surface area contributed by atoms with E-state index in [1.807, 2.05) is 6.92 Å². The van der Waals surface area contributed by atoms with Crippen LogP contribution < -0.4 is 15.4 Å². The number of allylic oxidation sites excluding steroid dienone is 1. The Balaban J connectivity index is 1.94. The standard InChI is InChI=1S/C25H24BrN3O5S/c1-3-33-19-8-6-5-7-17(19)21-18(13-27)24(29-23(31)22(21)25(32)34-4-2)35-14-20(30)28-16-11-9-15(26)10-12-16/h5-12,21-22H,3-4,14H2,1-2H3,(H,28,30)(H,29,31)/t21-,22+/m1/s1. The number of rotatable bonds is 9. The van der Waals surface area contributed by atoms with Crippen molar-refractivity contribution < 1.29 is 23.9 Å². The largest absolute Gasteiger partial charge is 0.494 e. The van der Waals surface area contributed by atoms with Crippen molar-refractivity contribution in [2.45, 2.75) is 19.8 Å². The number of carbonyl (C=O) groups is 3. The van der Waals surface area contributed by atoms with E-state index in [1.165, 1.54) is 0 Å². The number of para-hydroxylation sites is 1. The first-order chi connectivity index (χ1) is 16.9. The smallest absolute Gasteiger partial charge is 0.319 e. The maximum Gasteiger partial charge on any atom is 0.319 e. The molecule has 1 aliphatic rings. The lowest BCUT2D eigenvalue weighted by molar-refractivity contribution is -0.152. The Hall–Kier alpha value is -3.29. The average molecular weight is 558 g/mol. The molecule has 2 aromatic carbocycles. The molecule has 0 fully saturated rings. The molecule has 1 heterocycles. The van der Waals surface area contributed by atoms with E-state index < -0.39 is 23.7 Å². The molecule has 0 spiro atoms. The van der Waals surface area contributed by atoms with E-state index in [2.05, 4.69) is 32.6 Å². The summed E-state index contributed by atoms with van der Waals surface area (Å²) < 4.78 is 11.8. The highest BCUT2D eigenvalue weighted by Crippen LogP contribution is 2.43. The Labute approximate surface area is 216 Å². The number of nitrogens with zero attached hydrogens (tertiary/aromatic N) is 1. The van der Waals surface area contributed by atoms with Crippen LogP contribution in [0.4, 0.5) is 5.69 Å². The van der Waals surface area contributed by atoms with Gasteiger partial charge in [0, 0.05) is 21.6 Å². The summed E-state index contributed by atoms with van der Waals surface area (Å²) in [6, 6.07) is 16.2. The van der Waals surface area contributed by atoms with Crippen LogP contribution in [0.15, 0.2) is 63.6 Å². The molecule has 1 aliphatic heterocycles. The minimum Gasteiger partial charge on any atom is -0.494 e. The van der Waals surface area contributed by atoms with Gasteiger partial charge in [0.05, 0.1) is 35.6 Å². The lowest BCUT2D eigenvalue weighted by Crippen LogP contribution is -2.44. The van der Waals surface area contributed by atoms with Gasteiger partial charge in [-0.1, -0.05) is 45.9 Å². The summed E-state index contributed by atoms with van der Waals surface area (Å²) in [4.78, 5) is 38.4. The zero-order chi connectivity index (χ0) is 25.4. The van der Waals surface area contributed by atoms with Crippen LogP contribution in [-0.4, -0.2) is 36.8 Å². The van der Waals surface area contributed by atoms with Gasteiger partial charge in [-0.3, -0.25) is 14.4 Å². The van der Waals surface area contributed by atoms with E-state index in [-0.39, 0.29) is 28.9 Å². The van der Waals surface area contributed by atoms with Gasteiger partial charge < -0.3 is 20.1 Å². The molecule has 0 saturated carbocycles. The van der Waals surface area contributed by atoms with Gasteiger partial charge >= 0.3 is 5.97 Å². The molecule has 0 aromatic heterocycles. The fraction of sp³-hybridized carbons (Fsp3) is 0.280. The van der Waals surface area contributed by atoms with Crippen molar-refractivity contribution in [3.63, 3.8) is 0 Å². The van der Waals surface area contributed by atoms with Crippen LogP contribution in [0.25, 0.3) is 0 Å². The Morgan fingerprint density at radius 2 is 1.86 bits per heavy atom. The minimum absolute atomic E-state index is 0.0548. The zero-order valence-corrected chi connectivity index (χ0v) is 21.6. The molecule has 0 saturated heterocycles. The summed E-state index contributed by atoms with van der Waals surface area (Å²) >= 11 is 4.36. The lowest BCUT2D eigenvalue weighted by atomic mass is 9.78. The second-order valence-corrected chi connectivity index (χ2v) is 9.27. The first kappa shape index (κ1) is 26.3. The molecule has 10 heteroatoms. The van der Waals surface area contributed by atoms with E-state index in [9.17, 15) is 19.6 Å². The average Bonchev–Trinajstić information content (AvgIpc) is 2.84. The zero-order valence-electron chi connectivity index (χ0n) is 19.2. The molecule has 2 amide bonds. The van der Waals surface area contributed by atoms with Crippen LogP contribution in [0.3, 0.4) is 0 Å². The number of benzene rings is 2. The third-order valence-electron chi connectivity index (χ3n) is 5.10. The summed E-state index contributed by atoms with van der Waals surface area (Å²) in [6.07, 6.45) is 0. The van der Waals surface area contributed by atoms with E-state index in [1.54, 1.807) is 55.5 Å². The summed E-state index contributed by atoms with van der Waals surface area (Å²) in [7, 11) is 0. The Morgan fingerprint density at radius 1 is 1.14 bits per heavy atom. The monoisotopic (exact) mass is 557 g/mol. The van der Waals surface area contributed by atoms with Gasteiger partial charge in [-0.25, -0.2) is 0 Å². The molecule has 8 nitrogen and oxygen atoms in total. The van der Waals surface area contributed by atoms with Gasteiger partial charge in [-0.15, -0.1) is 0 Å². The predicted octanol–water partition coefficient (Wildman–Crippen LogP) is 4.35. The third-order valence-corrected chi connectivity index (χ3v) is 6.64. The number of amides is 2. The van der Waals surface area contributed by atoms with Crippen molar-refractivity contribution in [2.24, 2.45) is 5.92 Å². The minimum atomic E-state index is -1.27. The second kappa shape index (κ2) is 12.4. The van der Waals surface area contributed by atoms with Crippen molar-refractivity contribution >= 4 is 51.2 Å². The highest BCUT2D eigenvalue weighted by atomic mass is 79.9. The fourth-order valence-electron chi connectivity index (χ4n) is 3.65. The highest BCUT2D eigenvalue weighted by Gasteiger charge is 2.45. The number of ether oxygens (including phenoxy) is 2. The number of nitriles is 1. The Bertz CT molecular complexity index is 1180. The van der Waals surface area contributed by atoms with Crippen molar-refractivity contribution in [1.29, 1.82) is 5.26 Å². The fourth-order valence-corrected chi connectivity index (χ4v) is 4.77. The number of hydrogen-bond acceptors (Lipinski definition) is 7. The Kier molecular flexibility index (Phi) is 9.34. The molecule has 2 N–H and O–H groups in total. The number of esters is 1. The van der Waals surface area contributed by atoms with Crippen molar-refractivity contribution in [3.8, 4) is 11.8 Å². The molecule has 0 radical (unpaired) electrons. The van der Waals surface area contributed by atoms with E-state index in [0.717, 1.165) is 16.2 Å². The van der Waals surface area contributed by atoms with Gasteiger partial charge in [0.2, 0.25) is 11.8 Å². The van der Waals surface area contributed by atoms with Crippen LogP contribution in [0, 0.1) is 17.2 Å². The molecule has 3 rings (SSSR count). The number of anilines is 1. The van der Waals surface area contributed by atoms with Gasteiger partial charge in [0.25, 0.3) is 0 Å². The Morgan fingerprint density at radius 3 is 2.51 bits per heavy atom. The molecule has 2 atom stereocenters. The molecule has 0 bridgehead atoms. The molecule has 0 unspecified atom stereocenters. The predicted molar refractivity (Wildman–Crippen MR) is 136 cm³/mol. The summed E-state index contributed by atoms with van der Waals surface area (Å²) in [6.45, 7) is 3.92. The van der Waals surface area contributed by atoms with Crippen molar-refractivity contribution in [3.05, 3.63) is 69.2 Å². The van der Waals surface area contributed by atoms with Gasteiger partial charge in [0.1, 0.15) is 11.7 Å². The first-order valence-electron chi connectivity index (χ1n) is 10.9. The topological polar surface area (TPSA) is 118 Å². The highest BCUT2D eigenvalue weighted by molar-refractivity contribution is 9.10. The van der Waals surface area contributed by atoms with Gasteiger partial charge in [0.15, 0.2) is 0 Å². The van der Waals surface area contributed by atoms with Crippen molar-refractivity contribution in [2.75, 3.05) is 24.3 Å². The number of carbonyl (C=O) groups excluding carboxylic acids is 3. The SMILES string of the molecule is CCOC(=O)[C@@H]1C(=O)NC(SCC(=O)Nc2ccc(Br)cc2)=C(C#N)[C@H]1c1ccccc1OCC. The van der Waals surface area contributed by atoms with Crippen LogP contribution >= 0.6 is 27.7 Å². The summed E-state index contributed by atoms with van der Waals surface area (Å²) in [5, 5.41) is 15.7. The van der Waals surface area contributed by atoms with E-state index in [0.29, 0.717) is 23.6 Å². The van der Waals surface area contributed by atoms with Crippen LogP contribution in [0.1, 0.15) is 25.3 Å². The maximum atomic E-state index is 13.1. The second-order valence-electron chi connectivity index (χ2n) is 7.37. The normalized spacial score (nSPS) is 17.3. The number of nitrogens with one attached hydrogen (secondary N) is 2. The molecule has 35 heavy (non-hydrogen) atoms. The van der Waals surface area contributed by atoms with E-state index in [4.69, 9.17) is 9.47 Å².